The summed E-state index contributed by atoms with van der Waals surface area (Å²) in [5.74, 6) is 0.302. The third-order valence-electron chi connectivity index (χ3n) is 2.10. The predicted octanol–water partition coefficient (Wildman–Crippen LogP) is 2.25. The van der Waals surface area contributed by atoms with Gasteiger partial charge in [0.1, 0.15) is 0 Å². The maximum Gasteiger partial charge on any atom is 0.220 e. The number of nitrogen functional groups attached to an aromatic ring is 1. The van der Waals surface area contributed by atoms with Crippen LogP contribution in [0, 0.1) is 0 Å². The van der Waals surface area contributed by atoms with Crippen molar-refractivity contribution >= 4 is 22.4 Å². The van der Waals surface area contributed by atoms with Crippen molar-refractivity contribution in [2.24, 2.45) is 0 Å². The van der Waals surface area contributed by atoms with E-state index < -0.39 is 0 Å². The molecule has 1 aromatic carbocycles. The molecular formula is C11H11N3. The fourth-order valence-electron chi connectivity index (χ4n) is 1.44. The van der Waals surface area contributed by atoms with Crippen LogP contribution in [0.4, 0.5) is 5.95 Å². The molecule has 3 nitrogen and oxygen atoms in total. The molecule has 0 atom stereocenters. The maximum atomic E-state index is 5.51. The van der Waals surface area contributed by atoms with Crippen molar-refractivity contribution < 1.29 is 0 Å². The highest BCUT2D eigenvalue weighted by molar-refractivity contribution is 5.90. The van der Waals surface area contributed by atoms with Crippen LogP contribution in [-0.2, 0) is 0 Å². The van der Waals surface area contributed by atoms with E-state index in [-0.39, 0.29) is 0 Å². The number of fused-ring (bicyclic) bond motifs is 1. The first-order valence-corrected chi connectivity index (χ1v) is 4.35. The predicted molar refractivity (Wildman–Crippen MR) is 58.7 cm³/mol. The van der Waals surface area contributed by atoms with E-state index in [0.717, 1.165) is 22.0 Å². The summed E-state index contributed by atoms with van der Waals surface area (Å²) in [6, 6.07) is 5.86. The van der Waals surface area contributed by atoms with Gasteiger partial charge in [-0.05, 0) is 18.6 Å². The molecule has 0 unspecified atom stereocenters. The number of hydrogen-bond donors (Lipinski definition) is 1. The van der Waals surface area contributed by atoms with Gasteiger partial charge in [0.05, 0.1) is 5.52 Å². The number of benzene rings is 1. The molecule has 0 radical (unpaired) electrons. The molecule has 2 N–H and O–H groups in total. The first kappa shape index (κ1) is 8.69. The van der Waals surface area contributed by atoms with Crippen molar-refractivity contribution in [1.29, 1.82) is 0 Å². The van der Waals surface area contributed by atoms with Crippen LogP contribution in [0.5, 0.6) is 0 Å². The van der Waals surface area contributed by atoms with Gasteiger partial charge in [0, 0.05) is 11.6 Å². The van der Waals surface area contributed by atoms with Crippen molar-refractivity contribution in [1.82, 2.24) is 9.97 Å². The molecule has 14 heavy (non-hydrogen) atoms. The number of aromatic nitrogens is 2. The largest absolute Gasteiger partial charge is 0.368 e. The standard InChI is InChI=1S/C11H11N3/c1-7(2)8-4-3-5-10-9(8)6-13-11(12)14-10/h3-6H,1H2,2H3,(H2,12,13,14). The second-order valence-electron chi connectivity index (χ2n) is 3.25. The number of anilines is 1. The van der Waals surface area contributed by atoms with Crippen LogP contribution in [-0.4, -0.2) is 9.97 Å². The van der Waals surface area contributed by atoms with E-state index in [1.807, 2.05) is 25.1 Å². The van der Waals surface area contributed by atoms with Gasteiger partial charge in [-0.25, -0.2) is 9.97 Å². The summed E-state index contributed by atoms with van der Waals surface area (Å²) in [7, 11) is 0. The molecule has 1 aromatic heterocycles. The van der Waals surface area contributed by atoms with Crippen LogP contribution in [0.15, 0.2) is 31.0 Å². The lowest BCUT2D eigenvalue weighted by molar-refractivity contribution is 1.24. The lowest BCUT2D eigenvalue weighted by Gasteiger charge is -2.04. The minimum Gasteiger partial charge on any atom is -0.368 e. The van der Waals surface area contributed by atoms with Gasteiger partial charge in [0.2, 0.25) is 5.95 Å². The Morgan fingerprint density at radius 1 is 1.43 bits per heavy atom. The second-order valence-corrected chi connectivity index (χ2v) is 3.25. The van der Waals surface area contributed by atoms with E-state index >= 15 is 0 Å². The first-order valence-electron chi connectivity index (χ1n) is 4.35. The fourth-order valence-corrected chi connectivity index (χ4v) is 1.44. The smallest absolute Gasteiger partial charge is 0.220 e. The molecule has 0 fully saturated rings. The van der Waals surface area contributed by atoms with Crippen molar-refractivity contribution in [2.45, 2.75) is 6.92 Å². The van der Waals surface area contributed by atoms with E-state index in [1.54, 1.807) is 6.20 Å². The third-order valence-corrected chi connectivity index (χ3v) is 2.10. The normalized spacial score (nSPS) is 10.4. The van der Waals surface area contributed by atoms with Crippen LogP contribution in [0.1, 0.15) is 12.5 Å². The molecule has 0 saturated carbocycles. The Hall–Kier alpha value is -1.90. The van der Waals surface area contributed by atoms with E-state index in [9.17, 15) is 0 Å². The zero-order valence-electron chi connectivity index (χ0n) is 7.99. The molecule has 3 heteroatoms. The highest BCUT2D eigenvalue weighted by atomic mass is 15.0. The highest BCUT2D eigenvalue weighted by Crippen LogP contribution is 2.22. The Bertz CT molecular complexity index is 503. The molecule has 2 aromatic rings. The molecule has 2 rings (SSSR count). The minimum atomic E-state index is 0.302. The van der Waals surface area contributed by atoms with Crippen LogP contribution >= 0.6 is 0 Å². The summed E-state index contributed by atoms with van der Waals surface area (Å²) in [4.78, 5) is 8.12. The van der Waals surface area contributed by atoms with E-state index in [2.05, 4.69) is 16.5 Å². The zero-order chi connectivity index (χ0) is 10.1. The SMILES string of the molecule is C=C(C)c1cccc2nc(N)ncc12. The molecule has 0 spiro atoms. The molecule has 0 aliphatic rings. The van der Waals surface area contributed by atoms with Crippen molar-refractivity contribution in [3.05, 3.63) is 36.5 Å². The summed E-state index contributed by atoms with van der Waals surface area (Å²) >= 11 is 0. The Balaban J connectivity index is 2.81. The zero-order valence-corrected chi connectivity index (χ0v) is 7.99. The Labute approximate surface area is 82.3 Å². The van der Waals surface area contributed by atoms with Gasteiger partial charge in [0.15, 0.2) is 0 Å². The van der Waals surface area contributed by atoms with Gasteiger partial charge in [0.25, 0.3) is 0 Å². The lowest BCUT2D eigenvalue weighted by atomic mass is 10.0. The van der Waals surface area contributed by atoms with E-state index in [4.69, 9.17) is 5.73 Å². The first-order chi connectivity index (χ1) is 6.68. The molecule has 0 amide bonds. The summed E-state index contributed by atoms with van der Waals surface area (Å²) < 4.78 is 0. The Morgan fingerprint density at radius 3 is 2.93 bits per heavy atom. The second kappa shape index (κ2) is 3.10. The number of nitrogens with zero attached hydrogens (tertiary/aromatic N) is 2. The summed E-state index contributed by atoms with van der Waals surface area (Å²) in [5.41, 5.74) is 8.44. The summed E-state index contributed by atoms with van der Waals surface area (Å²) in [6.07, 6.45) is 1.74. The highest BCUT2D eigenvalue weighted by Gasteiger charge is 2.02. The van der Waals surface area contributed by atoms with E-state index in [1.165, 1.54) is 0 Å². The topological polar surface area (TPSA) is 51.8 Å². The minimum absolute atomic E-state index is 0.302. The van der Waals surface area contributed by atoms with Crippen LogP contribution in [0.25, 0.3) is 16.5 Å². The maximum absolute atomic E-state index is 5.51. The Kier molecular flexibility index (Phi) is 1.93. The van der Waals surface area contributed by atoms with Gasteiger partial charge >= 0.3 is 0 Å². The average Bonchev–Trinajstić information content (AvgIpc) is 2.16. The van der Waals surface area contributed by atoms with Gasteiger partial charge in [-0.2, -0.15) is 0 Å². The van der Waals surface area contributed by atoms with Crippen LogP contribution in [0.2, 0.25) is 0 Å². The molecule has 0 saturated heterocycles. The molecule has 0 aliphatic carbocycles. The average molecular weight is 185 g/mol. The number of rotatable bonds is 1. The van der Waals surface area contributed by atoms with E-state index in [0.29, 0.717) is 5.95 Å². The van der Waals surface area contributed by atoms with Crippen LogP contribution in [0.3, 0.4) is 0 Å². The number of hydrogen-bond acceptors (Lipinski definition) is 3. The summed E-state index contributed by atoms with van der Waals surface area (Å²) in [6.45, 7) is 5.87. The monoisotopic (exact) mass is 185 g/mol. The quantitative estimate of drug-likeness (QED) is 0.741. The number of nitrogens with two attached hydrogens (primary N) is 1. The van der Waals surface area contributed by atoms with Gasteiger partial charge in [-0.3, -0.25) is 0 Å². The van der Waals surface area contributed by atoms with Gasteiger partial charge < -0.3 is 5.73 Å². The van der Waals surface area contributed by atoms with Gasteiger partial charge in [-0.1, -0.05) is 24.3 Å². The van der Waals surface area contributed by atoms with Crippen LogP contribution < -0.4 is 5.73 Å². The lowest BCUT2D eigenvalue weighted by Crippen LogP contribution is -1.95. The van der Waals surface area contributed by atoms with Crippen molar-refractivity contribution in [3.63, 3.8) is 0 Å². The fraction of sp³-hybridized carbons (Fsp3) is 0.0909. The summed E-state index contributed by atoms with van der Waals surface area (Å²) in [5, 5.41) is 0.995. The molecule has 1 heterocycles. The molecule has 0 bridgehead atoms. The number of allylic oxidation sites excluding steroid dienone is 1. The molecule has 0 aliphatic heterocycles. The third kappa shape index (κ3) is 1.33. The van der Waals surface area contributed by atoms with Gasteiger partial charge in [-0.15, -0.1) is 0 Å². The Morgan fingerprint density at radius 2 is 2.21 bits per heavy atom. The van der Waals surface area contributed by atoms with Crippen molar-refractivity contribution in [2.75, 3.05) is 5.73 Å². The molecule has 70 valence electrons. The van der Waals surface area contributed by atoms with Crippen molar-refractivity contribution in [3.8, 4) is 0 Å². The molecular weight excluding hydrogens is 174 g/mol.